The van der Waals surface area contributed by atoms with Crippen molar-refractivity contribution in [2.75, 3.05) is 5.43 Å². The second-order valence-corrected chi connectivity index (χ2v) is 5.25. The Morgan fingerprint density at radius 2 is 1.78 bits per heavy atom. The number of benzene rings is 1. The van der Waals surface area contributed by atoms with Crippen molar-refractivity contribution in [3.63, 3.8) is 0 Å². The third-order valence-electron chi connectivity index (χ3n) is 3.77. The first kappa shape index (κ1) is 16.5. The molecule has 0 radical (unpaired) electrons. The summed E-state index contributed by atoms with van der Waals surface area (Å²) in [4.78, 5) is 35.9. The van der Waals surface area contributed by atoms with E-state index >= 15 is 0 Å². The van der Waals surface area contributed by atoms with Gasteiger partial charge in [-0.2, -0.15) is 0 Å². The smallest absolute Gasteiger partial charge is 0.283 e. The van der Waals surface area contributed by atoms with Crippen LogP contribution in [-0.2, 0) is 18.9 Å². The van der Waals surface area contributed by atoms with Crippen LogP contribution in [-0.4, -0.2) is 15.0 Å². The lowest BCUT2D eigenvalue weighted by Crippen LogP contribution is -2.41. The van der Waals surface area contributed by atoms with Gasteiger partial charge in [-0.3, -0.25) is 29.6 Å². The number of hydrogen-bond donors (Lipinski definition) is 2. The van der Waals surface area contributed by atoms with Crippen LogP contribution in [0.5, 0.6) is 0 Å². The number of nitrogens with one attached hydrogen (secondary N) is 2. The van der Waals surface area contributed by atoms with E-state index in [1.54, 1.807) is 0 Å². The molecule has 0 aliphatic carbocycles. The summed E-state index contributed by atoms with van der Waals surface area (Å²) in [7, 11) is 2.92. The van der Waals surface area contributed by atoms with Crippen LogP contribution >= 0.6 is 0 Å². The minimum Gasteiger partial charge on any atom is -0.283 e. The van der Waals surface area contributed by atoms with Gasteiger partial charge in [0.05, 0.1) is 5.92 Å². The Kier molecular flexibility index (Phi) is 5.00. The number of nitrogens with zero attached hydrogens (tertiary/aromatic N) is 2. The van der Waals surface area contributed by atoms with Crippen molar-refractivity contribution in [2.45, 2.75) is 19.3 Å². The Morgan fingerprint density at radius 1 is 1.13 bits per heavy atom. The van der Waals surface area contributed by atoms with E-state index in [0.29, 0.717) is 6.42 Å². The zero-order chi connectivity index (χ0) is 17.0. The van der Waals surface area contributed by atoms with Crippen LogP contribution < -0.4 is 22.1 Å². The number of amides is 1. The minimum atomic E-state index is -0.468. The van der Waals surface area contributed by atoms with Gasteiger partial charge in [-0.15, -0.1) is 0 Å². The van der Waals surface area contributed by atoms with Gasteiger partial charge in [0, 0.05) is 20.2 Å². The van der Waals surface area contributed by atoms with E-state index in [-0.39, 0.29) is 17.6 Å². The van der Waals surface area contributed by atoms with Gasteiger partial charge in [-0.05, 0) is 12.0 Å². The van der Waals surface area contributed by atoms with Crippen molar-refractivity contribution in [3.05, 3.63) is 62.8 Å². The fourth-order valence-corrected chi connectivity index (χ4v) is 2.32. The summed E-state index contributed by atoms with van der Waals surface area (Å²) in [5.74, 6) is -0.312. The van der Waals surface area contributed by atoms with Crippen LogP contribution in [0.2, 0.25) is 0 Å². The molecule has 7 nitrogen and oxygen atoms in total. The monoisotopic (exact) mass is 316 g/mol. The molecule has 2 rings (SSSR count). The van der Waals surface area contributed by atoms with Gasteiger partial charge in [0.25, 0.3) is 5.56 Å². The van der Waals surface area contributed by atoms with Crippen LogP contribution in [0.1, 0.15) is 24.8 Å². The first-order valence-corrected chi connectivity index (χ1v) is 7.33. The molecule has 0 aliphatic heterocycles. The summed E-state index contributed by atoms with van der Waals surface area (Å²) in [6.45, 7) is 1.92. The van der Waals surface area contributed by atoms with E-state index in [9.17, 15) is 14.4 Å². The van der Waals surface area contributed by atoms with Gasteiger partial charge in [0.1, 0.15) is 5.82 Å². The average Bonchev–Trinajstić information content (AvgIpc) is 2.56. The van der Waals surface area contributed by atoms with Gasteiger partial charge in [0.2, 0.25) is 5.91 Å². The van der Waals surface area contributed by atoms with E-state index in [1.165, 1.54) is 24.7 Å². The average molecular weight is 316 g/mol. The largest absolute Gasteiger partial charge is 0.332 e. The molecule has 1 unspecified atom stereocenters. The molecule has 0 spiro atoms. The zero-order valence-electron chi connectivity index (χ0n) is 13.4. The molecule has 122 valence electrons. The minimum absolute atomic E-state index is 0.230. The van der Waals surface area contributed by atoms with Gasteiger partial charge < -0.3 is 0 Å². The molecule has 2 N–H and O–H groups in total. The molecule has 0 saturated carbocycles. The Balaban J connectivity index is 2.16. The van der Waals surface area contributed by atoms with Crippen molar-refractivity contribution in [2.24, 2.45) is 14.1 Å². The molecule has 1 atom stereocenters. The van der Waals surface area contributed by atoms with Gasteiger partial charge in [-0.25, -0.2) is 4.79 Å². The standard InChI is InChI=1S/C16H20N4O3/c1-4-12(11-8-6-5-7-9-11)15(22)18-17-13-10-14(21)20(3)16(23)19(13)2/h5-10,12,17H,4H2,1-3H3,(H,18,22). The van der Waals surface area contributed by atoms with E-state index < -0.39 is 11.2 Å². The Morgan fingerprint density at radius 3 is 2.39 bits per heavy atom. The molecule has 0 aliphatic rings. The number of hydrazine groups is 1. The first-order valence-electron chi connectivity index (χ1n) is 7.33. The van der Waals surface area contributed by atoms with Crippen LogP contribution in [0.15, 0.2) is 46.0 Å². The maximum atomic E-state index is 12.4. The predicted molar refractivity (Wildman–Crippen MR) is 88.2 cm³/mol. The summed E-state index contributed by atoms with van der Waals surface area (Å²) in [5.41, 5.74) is 5.22. The van der Waals surface area contributed by atoms with Crippen LogP contribution in [0, 0.1) is 0 Å². The maximum absolute atomic E-state index is 12.4. The summed E-state index contributed by atoms with van der Waals surface area (Å²) in [6.07, 6.45) is 0.632. The number of carbonyl (C=O) groups excluding carboxylic acids is 1. The second kappa shape index (κ2) is 6.95. The Bertz CT molecular complexity index is 808. The highest BCUT2D eigenvalue weighted by Crippen LogP contribution is 2.19. The lowest BCUT2D eigenvalue weighted by atomic mass is 9.96. The number of hydrogen-bond acceptors (Lipinski definition) is 4. The molecule has 1 aromatic carbocycles. The molecule has 1 amide bonds. The fraction of sp³-hybridized carbons (Fsp3) is 0.312. The summed E-state index contributed by atoms with van der Waals surface area (Å²) < 4.78 is 2.25. The molecule has 23 heavy (non-hydrogen) atoms. The highest BCUT2D eigenvalue weighted by atomic mass is 16.2. The molecule has 2 aromatic rings. The van der Waals surface area contributed by atoms with Crippen LogP contribution in [0.25, 0.3) is 0 Å². The quantitative estimate of drug-likeness (QED) is 0.796. The molecule has 1 heterocycles. The van der Waals surface area contributed by atoms with Crippen molar-refractivity contribution in [3.8, 4) is 0 Å². The molecule has 0 bridgehead atoms. The van der Waals surface area contributed by atoms with Gasteiger partial charge in [0.15, 0.2) is 0 Å². The maximum Gasteiger partial charge on any atom is 0.332 e. The van der Waals surface area contributed by atoms with Crippen LogP contribution in [0.4, 0.5) is 5.82 Å². The number of rotatable bonds is 5. The highest BCUT2D eigenvalue weighted by Gasteiger charge is 2.18. The van der Waals surface area contributed by atoms with Crippen molar-refractivity contribution in [1.29, 1.82) is 0 Å². The third kappa shape index (κ3) is 3.50. The Hall–Kier alpha value is -2.83. The fourth-order valence-electron chi connectivity index (χ4n) is 2.32. The van der Waals surface area contributed by atoms with Gasteiger partial charge >= 0.3 is 5.69 Å². The topological polar surface area (TPSA) is 85.1 Å². The SMILES string of the molecule is CCC(C(=O)NNc1cc(=O)n(C)c(=O)n1C)c1ccccc1. The predicted octanol–water partition coefficient (Wildman–Crippen LogP) is 0.721. The van der Waals surface area contributed by atoms with Gasteiger partial charge in [-0.1, -0.05) is 37.3 Å². The summed E-state index contributed by atoms with van der Waals surface area (Å²) in [5, 5.41) is 0. The van der Waals surface area contributed by atoms with Crippen LogP contribution in [0.3, 0.4) is 0 Å². The van der Waals surface area contributed by atoms with Crippen molar-refractivity contribution < 1.29 is 4.79 Å². The highest BCUT2D eigenvalue weighted by molar-refractivity contribution is 5.84. The lowest BCUT2D eigenvalue weighted by Gasteiger charge is -2.17. The normalized spacial score (nSPS) is 11.8. The van der Waals surface area contributed by atoms with Crippen molar-refractivity contribution >= 4 is 11.7 Å². The van der Waals surface area contributed by atoms with E-state index in [4.69, 9.17) is 0 Å². The molecule has 1 aromatic heterocycles. The summed E-state index contributed by atoms with van der Waals surface area (Å²) in [6, 6.07) is 10.7. The molecule has 0 fully saturated rings. The van der Waals surface area contributed by atoms with E-state index in [1.807, 2.05) is 37.3 Å². The van der Waals surface area contributed by atoms with Crippen molar-refractivity contribution in [1.82, 2.24) is 14.6 Å². The van der Waals surface area contributed by atoms with E-state index in [0.717, 1.165) is 10.1 Å². The molecule has 7 heteroatoms. The second-order valence-electron chi connectivity index (χ2n) is 5.25. The Labute approximate surface area is 133 Å². The third-order valence-corrected chi connectivity index (χ3v) is 3.77. The number of anilines is 1. The zero-order valence-corrected chi connectivity index (χ0v) is 13.4. The lowest BCUT2D eigenvalue weighted by molar-refractivity contribution is -0.122. The number of aromatic nitrogens is 2. The van der Waals surface area contributed by atoms with E-state index in [2.05, 4.69) is 10.9 Å². The molecular weight excluding hydrogens is 296 g/mol. The molecular formula is C16H20N4O3. The first-order chi connectivity index (χ1) is 11.0. The number of carbonyl (C=O) groups is 1. The summed E-state index contributed by atoms with van der Waals surface area (Å²) >= 11 is 0. The molecule has 0 saturated heterocycles.